The number of hydrogen-bond donors (Lipinski definition) is 1. The molecule has 0 unspecified atom stereocenters. The second kappa shape index (κ2) is 7.40. The molecule has 6 heteroatoms. The van der Waals surface area contributed by atoms with Gasteiger partial charge in [0.2, 0.25) is 0 Å². The van der Waals surface area contributed by atoms with Crippen molar-refractivity contribution < 1.29 is 9.53 Å². The minimum atomic E-state index is -0.0329. The van der Waals surface area contributed by atoms with Crippen molar-refractivity contribution in [1.82, 2.24) is 20.0 Å². The maximum absolute atomic E-state index is 12.1. The summed E-state index contributed by atoms with van der Waals surface area (Å²) in [6.07, 6.45) is 0.963. The van der Waals surface area contributed by atoms with E-state index in [0.29, 0.717) is 18.8 Å². The van der Waals surface area contributed by atoms with Crippen molar-refractivity contribution in [2.24, 2.45) is 0 Å². The van der Waals surface area contributed by atoms with E-state index in [1.165, 1.54) is 0 Å². The zero-order valence-corrected chi connectivity index (χ0v) is 12.4. The number of aryl methyl sites for hydroxylation is 2. The van der Waals surface area contributed by atoms with Gasteiger partial charge in [-0.2, -0.15) is 5.10 Å². The molecule has 1 aromatic rings. The number of hydrogen-bond acceptors (Lipinski definition) is 4. The standard InChI is InChI=1S/C14H24N4O2/c1-3-18-13(11-12(2)16-18)14(19)15-5-4-6-17-7-9-20-10-8-17/h11H,3-10H2,1-2H3,(H,15,19). The average Bonchev–Trinajstić information content (AvgIpc) is 2.86. The summed E-state index contributed by atoms with van der Waals surface area (Å²) >= 11 is 0. The number of carbonyl (C=O) groups is 1. The SMILES string of the molecule is CCn1nc(C)cc1C(=O)NCCCN1CCOCC1. The fourth-order valence-corrected chi connectivity index (χ4v) is 2.39. The van der Waals surface area contributed by atoms with Gasteiger partial charge in [-0.3, -0.25) is 14.4 Å². The summed E-state index contributed by atoms with van der Waals surface area (Å²) in [7, 11) is 0. The lowest BCUT2D eigenvalue weighted by atomic mass is 10.3. The van der Waals surface area contributed by atoms with Crippen molar-refractivity contribution in [3.63, 3.8) is 0 Å². The maximum atomic E-state index is 12.1. The number of nitrogens with one attached hydrogen (secondary N) is 1. The highest BCUT2D eigenvalue weighted by Gasteiger charge is 2.13. The van der Waals surface area contributed by atoms with Crippen molar-refractivity contribution in [2.75, 3.05) is 39.4 Å². The van der Waals surface area contributed by atoms with Crippen LogP contribution in [0.25, 0.3) is 0 Å². The molecule has 0 radical (unpaired) electrons. The molecule has 1 aliphatic rings. The summed E-state index contributed by atoms with van der Waals surface area (Å²) in [6, 6.07) is 1.83. The highest BCUT2D eigenvalue weighted by molar-refractivity contribution is 5.92. The van der Waals surface area contributed by atoms with Gasteiger partial charge in [-0.05, 0) is 32.9 Å². The maximum Gasteiger partial charge on any atom is 0.269 e. The van der Waals surface area contributed by atoms with Crippen molar-refractivity contribution in [3.05, 3.63) is 17.5 Å². The molecular weight excluding hydrogens is 256 g/mol. The first-order chi connectivity index (χ1) is 9.70. The van der Waals surface area contributed by atoms with Crippen LogP contribution in [-0.2, 0) is 11.3 Å². The van der Waals surface area contributed by atoms with Crippen molar-refractivity contribution >= 4 is 5.91 Å². The fourth-order valence-electron chi connectivity index (χ4n) is 2.39. The van der Waals surface area contributed by atoms with E-state index in [-0.39, 0.29) is 5.91 Å². The van der Waals surface area contributed by atoms with E-state index < -0.39 is 0 Å². The molecule has 0 bridgehead atoms. The molecule has 0 atom stereocenters. The Balaban J connectivity index is 1.71. The van der Waals surface area contributed by atoms with Crippen LogP contribution < -0.4 is 5.32 Å². The molecule has 20 heavy (non-hydrogen) atoms. The highest BCUT2D eigenvalue weighted by Crippen LogP contribution is 2.04. The van der Waals surface area contributed by atoms with Crippen LogP contribution in [0.15, 0.2) is 6.07 Å². The third-order valence-electron chi connectivity index (χ3n) is 3.47. The van der Waals surface area contributed by atoms with Gasteiger partial charge in [0.15, 0.2) is 0 Å². The number of aromatic nitrogens is 2. The Morgan fingerprint density at radius 3 is 2.90 bits per heavy atom. The summed E-state index contributed by atoms with van der Waals surface area (Å²) < 4.78 is 7.05. The molecule has 6 nitrogen and oxygen atoms in total. The largest absolute Gasteiger partial charge is 0.379 e. The van der Waals surface area contributed by atoms with Gasteiger partial charge in [-0.25, -0.2) is 0 Å². The normalized spacial score (nSPS) is 16.3. The zero-order valence-electron chi connectivity index (χ0n) is 12.4. The highest BCUT2D eigenvalue weighted by atomic mass is 16.5. The first-order valence-corrected chi connectivity index (χ1v) is 7.33. The summed E-state index contributed by atoms with van der Waals surface area (Å²) in [4.78, 5) is 14.5. The van der Waals surface area contributed by atoms with Crippen LogP contribution in [0.3, 0.4) is 0 Å². The van der Waals surface area contributed by atoms with E-state index in [1.54, 1.807) is 4.68 Å². The van der Waals surface area contributed by atoms with Crippen LogP contribution in [0.4, 0.5) is 0 Å². The van der Waals surface area contributed by atoms with Crippen LogP contribution >= 0.6 is 0 Å². The Morgan fingerprint density at radius 2 is 2.20 bits per heavy atom. The van der Waals surface area contributed by atoms with E-state index in [0.717, 1.165) is 45.0 Å². The van der Waals surface area contributed by atoms with Crippen molar-refractivity contribution in [1.29, 1.82) is 0 Å². The number of rotatable bonds is 6. The lowest BCUT2D eigenvalue weighted by molar-refractivity contribution is 0.0374. The molecule has 1 amide bonds. The Bertz CT molecular complexity index is 438. The first kappa shape index (κ1) is 15.0. The molecule has 1 aromatic heterocycles. The third-order valence-corrected chi connectivity index (χ3v) is 3.47. The van der Waals surface area contributed by atoms with E-state index in [9.17, 15) is 4.79 Å². The van der Waals surface area contributed by atoms with Crippen LogP contribution in [0.5, 0.6) is 0 Å². The second-order valence-corrected chi connectivity index (χ2v) is 5.05. The zero-order chi connectivity index (χ0) is 14.4. The molecule has 2 rings (SSSR count). The van der Waals surface area contributed by atoms with E-state index in [4.69, 9.17) is 4.74 Å². The van der Waals surface area contributed by atoms with Gasteiger partial charge in [0.25, 0.3) is 5.91 Å². The molecule has 112 valence electrons. The van der Waals surface area contributed by atoms with Gasteiger partial charge in [-0.1, -0.05) is 0 Å². The number of amides is 1. The van der Waals surface area contributed by atoms with E-state index in [2.05, 4.69) is 15.3 Å². The van der Waals surface area contributed by atoms with Gasteiger partial charge in [-0.15, -0.1) is 0 Å². The number of ether oxygens (including phenoxy) is 1. The smallest absolute Gasteiger partial charge is 0.269 e. The topological polar surface area (TPSA) is 59.4 Å². The molecular formula is C14H24N4O2. The lowest BCUT2D eigenvalue weighted by Crippen LogP contribution is -2.38. The van der Waals surface area contributed by atoms with E-state index >= 15 is 0 Å². The van der Waals surface area contributed by atoms with Crippen LogP contribution in [0.2, 0.25) is 0 Å². The Labute approximate surface area is 120 Å². The number of morpholine rings is 1. The Kier molecular flexibility index (Phi) is 5.55. The van der Waals surface area contributed by atoms with Gasteiger partial charge in [0.05, 0.1) is 18.9 Å². The summed E-state index contributed by atoms with van der Waals surface area (Å²) in [5, 5.41) is 7.25. The van der Waals surface area contributed by atoms with Crippen molar-refractivity contribution in [2.45, 2.75) is 26.8 Å². The average molecular weight is 280 g/mol. The second-order valence-electron chi connectivity index (χ2n) is 5.05. The third kappa shape index (κ3) is 4.05. The molecule has 2 heterocycles. The summed E-state index contributed by atoms with van der Waals surface area (Å²) in [5.74, 6) is -0.0329. The van der Waals surface area contributed by atoms with Crippen LogP contribution in [-0.4, -0.2) is 60.0 Å². The predicted octanol–water partition coefficient (Wildman–Crippen LogP) is 0.664. The lowest BCUT2D eigenvalue weighted by Gasteiger charge is -2.26. The van der Waals surface area contributed by atoms with E-state index in [1.807, 2.05) is 19.9 Å². The van der Waals surface area contributed by atoms with Gasteiger partial charge < -0.3 is 10.1 Å². The molecule has 1 saturated heterocycles. The Morgan fingerprint density at radius 1 is 1.45 bits per heavy atom. The van der Waals surface area contributed by atoms with Crippen LogP contribution in [0, 0.1) is 6.92 Å². The van der Waals surface area contributed by atoms with Crippen molar-refractivity contribution in [3.8, 4) is 0 Å². The molecule has 0 saturated carbocycles. The summed E-state index contributed by atoms with van der Waals surface area (Å²) in [6.45, 7) is 9.95. The van der Waals surface area contributed by atoms with Gasteiger partial charge in [0, 0.05) is 26.2 Å². The number of carbonyl (C=O) groups excluding carboxylic acids is 1. The van der Waals surface area contributed by atoms with Gasteiger partial charge >= 0.3 is 0 Å². The minimum absolute atomic E-state index is 0.0329. The Hall–Kier alpha value is -1.40. The number of nitrogens with zero attached hydrogens (tertiary/aromatic N) is 3. The monoisotopic (exact) mass is 280 g/mol. The molecule has 0 aromatic carbocycles. The molecule has 0 aliphatic carbocycles. The quantitative estimate of drug-likeness (QED) is 0.778. The summed E-state index contributed by atoms with van der Waals surface area (Å²) in [5.41, 5.74) is 1.53. The first-order valence-electron chi connectivity index (χ1n) is 7.33. The minimum Gasteiger partial charge on any atom is -0.379 e. The predicted molar refractivity (Wildman–Crippen MR) is 76.8 cm³/mol. The fraction of sp³-hybridized carbons (Fsp3) is 0.714. The van der Waals surface area contributed by atoms with Crippen LogP contribution in [0.1, 0.15) is 29.5 Å². The molecule has 1 fully saturated rings. The molecule has 1 N–H and O–H groups in total. The molecule has 1 aliphatic heterocycles. The van der Waals surface area contributed by atoms with Gasteiger partial charge in [0.1, 0.15) is 5.69 Å². The molecule has 0 spiro atoms.